The molecule has 19 heavy (non-hydrogen) atoms. The van der Waals surface area contributed by atoms with Crippen molar-refractivity contribution in [1.82, 2.24) is 10.2 Å². The third kappa shape index (κ3) is 19.2. The molecule has 0 aliphatic rings. The standard InChI is InChI=1S/C7H13NO2.C6H13N.C2H6/c1-6(2)7(10)4-8(3)5-9;1-4-6(3)7-5-2;1-2/h5-6H,4H2,1-3H3;7H,3-5H2,1-2H3;1-2H3. The summed E-state index contributed by atoms with van der Waals surface area (Å²) in [6.07, 6.45) is 1.69. The summed E-state index contributed by atoms with van der Waals surface area (Å²) in [5.41, 5.74) is 1.13. The molecule has 0 radical (unpaired) electrons. The van der Waals surface area contributed by atoms with Crippen LogP contribution < -0.4 is 5.32 Å². The van der Waals surface area contributed by atoms with Crippen molar-refractivity contribution in [2.24, 2.45) is 5.92 Å². The zero-order valence-corrected chi connectivity index (χ0v) is 13.7. The Morgan fingerprint density at radius 1 is 1.32 bits per heavy atom. The highest BCUT2D eigenvalue weighted by atomic mass is 16.1. The van der Waals surface area contributed by atoms with Crippen LogP contribution in [0.2, 0.25) is 0 Å². The maximum Gasteiger partial charge on any atom is 0.209 e. The summed E-state index contributed by atoms with van der Waals surface area (Å²) in [5, 5.41) is 3.10. The molecule has 0 aliphatic carbocycles. The van der Waals surface area contributed by atoms with E-state index < -0.39 is 0 Å². The van der Waals surface area contributed by atoms with Gasteiger partial charge in [0.25, 0.3) is 0 Å². The Labute approximate surface area is 119 Å². The first-order chi connectivity index (χ1) is 8.88. The summed E-state index contributed by atoms with van der Waals surface area (Å²) in [7, 11) is 1.59. The van der Waals surface area contributed by atoms with Gasteiger partial charge in [-0.15, -0.1) is 0 Å². The van der Waals surface area contributed by atoms with Gasteiger partial charge in [-0.25, -0.2) is 0 Å². The second kappa shape index (κ2) is 16.7. The number of hydrogen-bond acceptors (Lipinski definition) is 3. The molecule has 0 rings (SSSR count). The molecule has 0 fully saturated rings. The predicted molar refractivity (Wildman–Crippen MR) is 83.0 cm³/mol. The van der Waals surface area contributed by atoms with Gasteiger partial charge in [-0.05, 0) is 13.3 Å². The zero-order valence-electron chi connectivity index (χ0n) is 13.7. The van der Waals surface area contributed by atoms with Crippen LogP contribution in [0.5, 0.6) is 0 Å². The lowest BCUT2D eigenvalue weighted by Gasteiger charge is -2.10. The molecule has 0 saturated heterocycles. The molecule has 0 heterocycles. The van der Waals surface area contributed by atoms with Gasteiger partial charge in [0, 0.05) is 25.2 Å². The fourth-order valence-corrected chi connectivity index (χ4v) is 0.841. The van der Waals surface area contributed by atoms with Gasteiger partial charge in [0.1, 0.15) is 0 Å². The van der Waals surface area contributed by atoms with Crippen LogP contribution in [0.3, 0.4) is 0 Å². The monoisotopic (exact) mass is 272 g/mol. The van der Waals surface area contributed by atoms with Crippen molar-refractivity contribution in [3.63, 3.8) is 0 Å². The highest BCUT2D eigenvalue weighted by molar-refractivity contribution is 5.83. The van der Waals surface area contributed by atoms with E-state index in [1.54, 1.807) is 7.05 Å². The Balaban J connectivity index is -0.000000249. The molecule has 0 aromatic rings. The van der Waals surface area contributed by atoms with Crippen molar-refractivity contribution >= 4 is 12.2 Å². The van der Waals surface area contributed by atoms with E-state index in [1.165, 1.54) is 4.90 Å². The van der Waals surface area contributed by atoms with E-state index in [4.69, 9.17) is 0 Å². The van der Waals surface area contributed by atoms with Crippen LogP contribution in [0.1, 0.15) is 48.0 Å². The topological polar surface area (TPSA) is 49.4 Å². The second-order valence-corrected chi connectivity index (χ2v) is 4.13. The van der Waals surface area contributed by atoms with Gasteiger partial charge in [-0.2, -0.15) is 0 Å². The van der Waals surface area contributed by atoms with Crippen LogP contribution in [-0.2, 0) is 9.59 Å². The van der Waals surface area contributed by atoms with Gasteiger partial charge >= 0.3 is 0 Å². The first-order valence-electron chi connectivity index (χ1n) is 6.98. The predicted octanol–water partition coefficient (Wildman–Crippen LogP) is 2.85. The number of Topliss-reactive ketones (excluding diaryl/α,β-unsaturated/α-hetero) is 1. The van der Waals surface area contributed by atoms with Crippen molar-refractivity contribution in [3.05, 3.63) is 12.3 Å². The molecule has 4 heteroatoms. The molecule has 0 unspecified atom stereocenters. The molecule has 0 aromatic heterocycles. The summed E-state index contributed by atoms with van der Waals surface area (Å²) in [6, 6.07) is 0. The van der Waals surface area contributed by atoms with Crippen LogP contribution in [-0.4, -0.2) is 37.2 Å². The van der Waals surface area contributed by atoms with Gasteiger partial charge in [-0.3, -0.25) is 9.59 Å². The van der Waals surface area contributed by atoms with Crippen LogP contribution in [0, 0.1) is 5.92 Å². The summed E-state index contributed by atoms with van der Waals surface area (Å²) in [6.45, 7) is 16.8. The number of nitrogens with one attached hydrogen (secondary N) is 1. The van der Waals surface area contributed by atoms with Crippen molar-refractivity contribution < 1.29 is 9.59 Å². The van der Waals surface area contributed by atoms with E-state index in [2.05, 4.69) is 25.7 Å². The fourth-order valence-electron chi connectivity index (χ4n) is 0.841. The summed E-state index contributed by atoms with van der Waals surface area (Å²) >= 11 is 0. The third-order valence-corrected chi connectivity index (χ3v) is 2.08. The Bertz CT molecular complexity index is 238. The van der Waals surface area contributed by atoms with Gasteiger partial charge in [0.05, 0.1) is 6.54 Å². The summed E-state index contributed by atoms with van der Waals surface area (Å²) in [4.78, 5) is 22.3. The number of ketones is 1. The molecule has 0 atom stereocenters. The minimum Gasteiger partial charge on any atom is -0.389 e. The van der Waals surface area contributed by atoms with Crippen molar-refractivity contribution in [2.45, 2.75) is 48.0 Å². The first kappa shape index (κ1) is 22.8. The summed E-state index contributed by atoms with van der Waals surface area (Å²) in [5.74, 6) is 0.108. The molecule has 0 aromatic carbocycles. The molecule has 0 saturated carbocycles. The SMILES string of the molecule is C=C(CC)NCC.CC.CC(C)C(=O)CN(C)C=O. The molecule has 0 aliphatic heterocycles. The number of hydrogen-bond donors (Lipinski definition) is 1. The van der Waals surface area contributed by atoms with Crippen LogP contribution in [0.4, 0.5) is 0 Å². The minimum absolute atomic E-state index is 0.0161. The average molecular weight is 272 g/mol. The lowest BCUT2D eigenvalue weighted by atomic mass is 10.1. The lowest BCUT2D eigenvalue weighted by molar-refractivity contribution is -0.127. The first-order valence-corrected chi connectivity index (χ1v) is 6.98. The Kier molecular flexibility index (Phi) is 20.0. The van der Waals surface area contributed by atoms with Crippen LogP contribution in [0.15, 0.2) is 12.3 Å². The van der Waals surface area contributed by atoms with E-state index >= 15 is 0 Å². The van der Waals surface area contributed by atoms with E-state index in [0.717, 1.165) is 18.7 Å². The molecular weight excluding hydrogens is 240 g/mol. The van der Waals surface area contributed by atoms with Crippen molar-refractivity contribution in [3.8, 4) is 0 Å². The van der Waals surface area contributed by atoms with E-state index in [0.29, 0.717) is 6.41 Å². The van der Waals surface area contributed by atoms with E-state index in [1.807, 2.05) is 27.7 Å². The summed E-state index contributed by atoms with van der Waals surface area (Å²) < 4.78 is 0. The molecule has 1 N–H and O–H groups in total. The highest BCUT2D eigenvalue weighted by Gasteiger charge is 2.08. The van der Waals surface area contributed by atoms with Crippen molar-refractivity contribution in [1.29, 1.82) is 0 Å². The number of carbonyl (C=O) groups excluding carboxylic acids is 2. The largest absolute Gasteiger partial charge is 0.389 e. The quantitative estimate of drug-likeness (QED) is 0.725. The van der Waals surface area contributed by atoms with Crippen LogP contribution in [0.25, 0.3) is 0 Å². The van der Waals surface area contributed by atoms with Gasteiger partial charge in [0.2, 0.25) is 6.41 Å². The number of likely N-dealkylation sites (N-methyl/N-ethyl adjacent to an activating group) is 1. The smallest absolute Gasteiger partial charge is 0.209 e. The molecular formula is C15H32N2O2. The normalized spacial score (nSPS) is 8.42. The van der Waals surface area contributed by atoms with Gasteiger partial charge in [0.15, 0.2) is 5.78 Å². The molecule has 0 spiro atoms. The van der Waals surface area contributed by atoms with Gasteiger partial charge < -0.3 is 10.2 Å². The molecule has 0 bridgehead atoms. The second-order valence-electron chi connectivity index (χ2n) is 4.13. The van der Waals surface area contributed by atoms with Gasteiger partial charge in [-0.1, -0.05) is 41.2 Å². The third-order valence-electron chi connectivity index (χ3n) is 2.08. The highest BCUT2D eigenvalue weighted by Crippen LogP contribution is 1.94. The number of carbonyl (C=O) groups is 2. The minimum atomic E-state index is 0.0161. The molecule has 4 nitrogen and oxygen atoms in total. The van der Waals surface area contributed by atoms with E-state index in [-0.39, 0.29) is 18.2 Å². The zero-order chi connectivity index (χ0) is 15.8. The average Bonchev–Trinajstić information content (AvgIpc) is 2.41. The van der Waals surface area contributed by atoms with Crippen molar-refractivity contribution in [2.75, 3.05) is 20.1 Å². The maximum atomic E-state index is 10.9. The Hall–Kier alpha value is -1.32. The van der Waals surface area contributed by atoms with Crippen LogP contribution >= 0.6 is 0 Å². The Morgan fingerprint density at radius 3 is 2.00 bits per heavy atom. The number of amides is 1. The Morgan fingerprint density at radius 2 is 1.79 bits per heavy atom. The fraction of sp³-hybridized carbons (Fsp3) is 0.733. The van der Waals surface area contributed by atoms with E-state index in [9.17, 15) is 9.59 Å². The molecule has 1 amide bonds. The maximum absolute atomic E-state index is 10.9. The number of nitrogens with zero attached hydrogens (tertiary/aromatic N) is 1. The number of allylic oxidation sites excluding steroid dienone is 1. The number of rotatable bonds is 7. The lowest BCUT2D eigenvalue weighted by Crippen LogP contribution is -2.27. The molecule has 114 valence electrons.